The van der Waals surface area contributed by atoms with E-state index in [1.54, 1.807) is 0 Å². The Morgan fingerprint density at radius 1 is 1.41 bits per heavy atom. The number of amides is 1. The maximum atomic E-state index is 11.9. The van der Waals surface area contributed by atoms with Gasteiger partial charge in [0.05, 0.1) is 6.04 Å². The van der Waals surface area contributed by atoms with Crippen molar-refractivity contribution in [2.75, 3.05) is 6.26 Å². The molecule has 0 bridgehead atoms. The Balaban J connectivity index is 2.32. The fourth-order valence-corrected chi connectivity index (χ4v) is 3.00. The fourth-order valence-electron chi connectivity index (χ4n) is 2.25. The summed E-state index contributed by atoms with van der Waals surface area (Å²) in [4.78, 5) is 11.9. The minimum Gasteiger partial charge on any atom is -0.352 e. The minimum absolute atomic E-state index is 0.0342. The lowest BCUT2D eigenvalue weighted by atomic mass is 9.93. The molecule has 1 amide bonds. The average Bonchev–Trinajstić information content (AvgIpc) is 2.37. The van der Waals surface area contributed by atoms with Gasteiger partial charge >= 0.3 is 0 Å². The first-order valence-electron chi connectivity index (χ1n) is 6.67. The van der Waals surface area contributed by atoms with E-state index in [9.17, 15) is 4.79 Å². The van der Waals surface area contributed by atoms with Gasteiger partial charge in [-0.05, 0) is 37.9 Å². The van der Waals surface area contributed by atoms with Gasteiger partial charge in [-0.25, -0.2) is 0 Å². The SMILES string of the molecule is CCC(C)[C@H](N)C(=O)NC1CCC(SC)CC1. The van der Waals surface area contributed by atoms with Gasteiger partial charge in [0.25, 0.3) is 0 Å². The van der Waals surface area contributed by atoms with E-state index in [4.69, 9.17) is 5.73 Å². The first-order valence-corrected chi connectivity index (χ1v) is 7.96. The summed E-state index contributed by atoms with van der Waals surface area (Å²) in [7, 11) is 0. The van der Waals surface area contributed by atoms with E-state index in [-0.39, 0.29) is 17.9 Å². The van der Waals surface area contributed by atoms with E-state index >= 15 is 0 Å². The number of hydrogen-bond acceptors (Lipinski definition) is 3. The van der Waals surface area contributed by atoms with Crippen LogP contribution in [0, 0.1) is 5.92 Å². The van der Waals surface area contributed by atoms with Gasteiger partial charge in [-0.3, -0.25) is 4.79 Å². The molecular formula is C13H26N2OS. The minimum atomic E-state index is -0.349. The van der Waals surface area contributed by atoms with E-state index in [1.165, 1.54) is 12.8 Å². The van der Waals surface area contributed by atoms with Crippen LogP contribution in [0.5, 0.6) is 0 Å². The second-order valence-corrected chi connectivity index (χ2v) is 6.27. The third-order valence-electron chi connectivity index (χ3n) is 3.91. The molecule has 100 valence electrons. The highest BCUT2D eigenvalue weighted by atomic mass is 32.2. The summed E-state index contributed by atoms with van der Waals surface area (Å²) in [5, 5.41) is 3.89. The molecule has 1 aliphatic carbocycles. The summed E-state index contributed by atoms with van der Waals surface area (Å²) in [5.74, 6) is 0.296. The van der Waals surface area contributed by atoms with Crippen molar-refractivity contribution in [2.45, 2.75) is 63.3 Å². The van der Waals surface area contributed by atoms with Crippen molar-refractivity contribution < 1.29 is 4.79 Å². The Labute approximate surface area is 109 Å². The molecule has 0 aromatic carbocycles. The molecule has 0 radical (unpaired) electrons. The number of hydrogen-bond donors (Lipinski definition) is 2. The second-order valence-electron chi connectivity index (χ2n) is 5.13. The largest absolute Gasteiger partial charge is 0.352 e. The van der Waals surface area contributed by atoms with Crippen molar-refractivity contribution in [2.24, 2.45) is 11.7 Å². The maximum Gasteiger partial charge on any atom is 0.237 e. The molecule has 3 N–H and O–H groups in total. The molecule has 2 atom stereocenters. The molecule has 1 unspecified atom stereocenters. The van der Waals surface area contributed by atoms with Gasteiger partial charge in [-0.15, -0.1) is 0 Å². The lowest BCUT2D eigenvalue weighted by molar-refractivity contribution is -0.124. The molecular weight excluding hydrogens is 232 g/mol. The summed E-state index contributed by atoms with van der Waals surface area (Å²) < 4.78 is 0. The molecule has 4 heteroatoms. The summed E-state index contributed by atoms with van der Waals surface area (Å²) in [5.41, 5.74) is 5.93. The highest BCUT2D eigenvalue weighted by Crippen LogP contribution is 2.26. The molecule has 0 aromatic rings. The number of rotatable bonds is 5. The molecule has 0 aliphatic heterocycles. The number of thioether (sulfide) groups is 1. The highest BCUT2D eigenvalue weighted by Gasteiger charge is 2.25. The molecule has 1 aliphatic rings. The van der Waals surface area contributed by atoms with E-state index in [1.807, 2.05) is 18.7 Å². The summed E-state index contributed by atoms with van der Waals surface area (Å²) in [6.07, 6.45) is 7.75. The van der Waals surface area contributed by atoms with Crippen LogP contribution in [-0.2, 0) is 4.79 Å². The number of nitrogens with one attached hydrogen (secondary N) is 1. The molecule has 0 aromatic heterocycles. The Kier molecular flexibility index (Phi) is 6.34. The quantitative estimate of drug-likeness (QED) is 0.794. The van der Waals surface area contributed by atoms with Crippen LogP contribution in [0.1, 0.15) is 46.0 Å². The molecule has 0 heterocycles. The van der Waals surface area contributed by atoms with Gasteiger partial charge in [0.15, 0.2) is 0 Å². The van der Waals surface area contributed by atoms with Crippen molar-refractivity contribution in [3.05, 3.63) is 0 Å². The summed E-state index contributed by atoms with van der Waals surface area (Å²) >= 11 is 1.94. The molecule has 3 nitrogen and oxygen atoms in total. The zero-order valence-corrected chi connectivity index (χ0v) is 12.1. The zero-order valence-electron chi connectivity index (χ0n) is 11.2. The van der Waals surface area contributed by atoms with Gasteiger partial charge in [-0.2, -0.15) is 11.8 Å². The molecule has 1 rings (SSSR count). The van der Waals surface area contributed by atoms with Gasteiger partial charge in [0, 0.05) is 11.3 Å². The van der Waals surface area contributed by atoms with Gasteiger partial charge in [0.1, 0.15) is 0 Å². The third-order valence-corrected chi connectivity index (χ3v) is 5.05. The van der Waals surface area contributed by atoms with E-state index < -0.39 is 0 Å². The summed E-state index contributed by atoms with van der Waals surface area (Å²) in [6, 6.07) is -0.000667. The normalized spacial score (nSPS) is 28.5. The van der Waals surface area contributed by atoms with Gasteiger partial charge in [0.2, 0.25) is 5.91 Å². The van der Waals surface area contributed by atoms with Crippen LogP contribution in [0.15, 0.2) is 0 Å². The van der Waals surface area contributed by atoms with Crippen molar-refractivity contribution in [3.63, 3.8) is 0 Å². The van der Waals surface area contributed by atoms with Gasteiger partial charge < -0.3 is 11.1 Å². The van der Waals surface area contributed by atoms with E-state index in [0.717, 1.165) is 24.5 Å². The predicted molar refractivity (Wildman–Crippen MR) is 75.1 cm³/mol. The average molecular weight is 258 g/mol. The van der Waals surface area contributed by atoms with Crippen LogP contribution in [0.3, 0.4) is 0 Å². The van der Waals surface area contributed by atoms with Crippen LogP contribution < -0.4 is 11.1 Å². The molecule has 1 fully saturated rings. The van der Waals surface area contributed by atoms with Gasteiger partial charge in [-0.1, -0.05) is 20.3 Å². The Hall–Kier alpha value is -0.220. The number of carbonyl (C=O) groups is 1. The third kappa shape index (κ3) is 4.51. The lowest BCUT2D eigenvalue weighted by Gasteiger charge is -2.29. The van der Waals surface area contributed by atoms with Crippen molar-refractivity contribution in [3.8, 4) is 0 Å². The monoisotopic (exact) mass is 258 g/mol. The maximum absolute atomic E-state index is 11.9. The van der Waals surface area contributed by atoms with E-state index in [0.29, 0.717) is 6.04 Å². The van der Waals surface area contributed by atoms with Crippen LogP contribution in [0.25, 0.3) is 0 Å². The second kappa shape index (κ2) is 7.27. The summed E-state index contributed by atoms with van der Waals surface area (Å²) in [6.45, 7) is 4.11. The zero-order chi connectivity index (χ0) is 12.8. The first kappa shape index (κ1) is 14.8. The topological polar surface area (TPSA) is 55.1 Å². The standard InChI is InChI=1S/C13H26N2OS/c1-4-9(2)12(14)13(16)15-10-5-7-11(17-3)8-6-10/h9-12H,4-8,14H2,1-3H3,(H,15,16)/t9?,10?,11?,12-/m0/s1. The molecule has 17 heavy (non-hydrogen) atoms. The molecule has 0 spiro atoms. The van der Waals surface area contributed by atoms with Crippen molar-refractivity contribution >= 4 is 17.7 Å². The number of carbonyl (C=O) groups excluding carboxylic acids is 1. The van der Waals surface area contributed by atoms with E-state index in [2.05, 4.69) is 18.5 Å². The van der Waals surface area contributed by atoms with Crippen LogP contribution >= 0.6 is 11.8 Å². The van der Waals surface area contributed by atoms with Crippen LogP contribution in [-0.4, -0.2) is 29.5 Å². The van der Waals surface area contributed by atoms with Crippen LogP contribution in [0.2, 0.25) is 0 Å². The first-order chi connectivity index (χ1) is 8.08. The predicted octanol–water partition coefficient (Wildman–Crippen LogP) is 2.15. The van der Waals surface area contributed by atoms with Crippen LogP contribution in [0.4, 0.5) is 0 Å². The Morgan fingerprint density at radius 2 is 2.00 bits per heavy atom. The lowest BCUT2D eigenvalue weighted by Crippen LogP contribution is -2.49. The number of nitrogens with two attached hydrogens (primary N) is 1. The fraction of sp³-hybridized carbons (Fsp3) is 0.923. The molecule has 1 saturated carbocycles. The van der Waals surface area contributed by atoms with Crippen molar-refractivity contribution in [1.29, 1.82) is 0 Å². The highest BCUT2D eigenvalue weighted by molar-refractivity contribution is 7.99. The Morgan fingerprint density at radius 3 is 2.47 bits per heavy atom. The smallest absolute Gasteiger partial charge is 0.237 e. The van der Waals surface area contributed by atoms with Crippen molar-refractivity contribution in [1.82, 2.24) is 5.32 Å². The Bertz CT molecular complexity index is 240. The molecule has 0 saturated heterocycles.